The quantitative estimate of drug-likeness (QED) is 0.461. The molecule has 194 valence electrons. The molecule has 1 saturated heterocycles. The number of ether oxygens (including phenoxy) is 1. The molecule has 2 aromatic carbocycles. The zero-order valence-corrected chi connectivity index (χ0v) is 23.3. The normalized spacial score (nSPS) is 19.2. The molecule has 2 unspecified atom stereocenters. The van der Waals surface area contributed by atoms with Gasteiger partial charge in [-0.05, 0) is 83.2 Å². The van der Waals surface area contributed by atoms with Crippen molar-refractivity contribution < 1.29 is 17.9 Å². The van der Waals surface area contributed by atoms with Crippen molar-refractivity contribution in [3.05, 3.63) is 53.1 Å². The van der Waals surface area contributed by atoms with Crippen LogP contribution in [0.3, 0.4) is 0 Å². The standard InChI is InChI=1S/C26H34N4O4S2/c1-17-13-18(2)24-23(14-17)27-26(35-24)30(12-11-28(5)6)25(31)21-7-9-22(10-8-21)36(32,33)29-15-19(3)34-20(4)16-29/h7-10,13-14,19-20H,11-12,15-16H2,1-6H3. The van der Waals surface area contributed by atoms with Crippen LogP contribution in [-0.4, -0.2) is 81.0 Å². The van der Waals surface area contributed by atoms with Crippen LogP contribution in [0.4, 0.5) is 5.13 Å². The van der Waals surface area contributed by atoms with E-state index in [-0.39, 0.29) is 23.0 Å². The third-order valence-corrected chi connectivity index (χ3v) is 9.26. The maximum Gasteiger partial charge on any atom is 0.260 e. The number of amides is 1. The van der Waals surface area contributed by atoms with Crippen LogP contribution in [0.2, 0.25) is 0 Å². The highest BCUT2D eigenvalue weighted by molar-refractivity contribution is 7.89. The van der Waals surface area contributed by atoms with Crippen molar-refractivity contribution >= 4 is 42.6 Å². The Kier molecular flexibility index (Phi) is 7.82. The minimum atomic E-state index is -3.68. The van der Waals surface area contributed by atoms with Crippen LogP contribution < -0.4 is 4.90 Å². The number of anilines is 1. The van der Waals surface area contributed by atoms with Crippen molar-refractivity contribution in [3.8, 4) is 0 Å². The Balaban J connectivity index is 1.63. The average Bonchev–Trinajstić information content (AvgIpc) is 3.22. The minimum absolute atomic E-state index is 0.170. The van der Waals surface area contributed by atoms with Crippen molar-refractivity contribution in [1.29, 1.82) is 0 Å². The molecule has 0 bridgehead atoms. The van der Waals surface area contributed by atoms with Gasteiger partial charge in [0.1, 0.15) is 0 Å². The van der Waals surface area contributed by atoms with E-state index in [1.807, 2.05) is 45.8 Å². The molecular formula is C26H34N4O4S2. The number of rotatable bonds is 7. The molecule has 0 spiro atoms. The van der Waals surface area contributed by atoms with Crippen LogP contribution in [0, 0.1) is 13.8 Å². The molecule has 36 heavy (non-hydrogen) atoms. The van der Waals surface area contributed by atoms with Crippen molar-refractivity contribution in [2.24, 2.45) is 0 Å². The van der Waals surface area contributed by atoms with E-state index >= 15 is 0 Å². The molecule has 3 aromatic rings. The fourth-order valence-corrected chi connectivity index (χ4v) is 7.10. The van der Waals surface area contributed by atoms with E-state index in [2.05, 4.69) is 13.0 Å². The van der Waals surface area contributed by atoms with E-state index in [9.17, 15) is 13.2 Å². The van der Waals surface area contributed by atoms with Crippen LogP contribution >= 0.6 is 11.3 Å². The van der Waals surface area contributed by atoms with Crippen molar-refractivity contribution in [2.75, 3.05) is 45.2 Å². The van der Waals surface area contributed by atoms with E-state index in [4.69, 9.17) is 9.72 Å². The van der Waals surface area contributed by atoms with Crippen LogP contribution in [0.25, 0.3) is 10.2 Å². The number of benzene rings is 2. The summed E-state index contributed by atoms with van der Waals surface area (Å²) in [4.78, 5) is 22.3. The van der Waals surface area contributed by atoms with Gasteiger partial charge in [0.05, 0.1) is 27.3 Å². The second kappa shape index (κ2) is 10.5. The van der Waals surface area contributed by atoms with Gasteiger partial charge in [0.15, 0.2) is 5.13 Å². The van der Waals surface area contributed by atoms with E-state index in [1.165, 1.54) is 27.8 Å². The van der Waals surface area contributed by atoms with Crippen LogP contribution in [0.15, 0.2) is 41.3 Å². The summed E-state index contributed by atoms with van der Waals surface area (Å²) >= 11 is 1.50. The molecule has 10 heteroatoms. The smallest absolute Gasteiger partial charge is 0.260 e. The number of nitrogens with zero attached hydrogens (tertiary/aromatic N) is 4. The second-order valence-electron chi connectivity index (χ2n) is 9.79. The van der Waals surface area contributed by atoms with E-state index < -0.39 is 10.0 Å². The number of fused-ring (bicyclic) bond motifs is 1. The largest absolute Gasteiger partial charge is 0.373 e. The lowest BCUT2D eigenvalue weighted by Gasteiger charge is -2.34. The molecule has 1 aromatic heterocycles. The lowest BCUT2D eigenvalue weighted by molar-refractivity contribution is -0.0440. The Hall–Kier alpha value is -2.37. The number of sulfonamides is 1. The number of aromatic nitrogens is 1. The van der Waals surface area contributed by atoms with Crippen molar-refractivity contribution in [2.45, 2.75) is 44.8 Å². The lowest BCUT2D eigenvalue weighted by Crippen LogP contribution is -2.48. The number of aryl methyl sites for hydroxylation is 2. The van der Waals surface area contributed by atoms with Crippen LogP contribution in [0.1, 0.15) is 35.3 Å². The second-order valence-corrected chi connectivity index (χ2v) is 12.7. The molecule has 0 N–H and O–H groups in total. The van der Waals surface area contributed by atoms with Gasteiger partial charge in [-0.3, -0.25) is 9.69 Å². The van der Waals surface area contributed by atoms with E-state index in [0.717, 1.165) is 21.3 Å². The topological polar surface area (TPSA) is 83.1 Å². The Morgan fingerprint density at radius 1 is 1.08 bits per heavy atom. The highest BCUT2D eigenvalue weighted by atomic mass is 32.2. The van der Waals surface area contributed by atoms with Gasteiger partial charge in [0.25, 0.3) is 5.91 Å². The summed E-state index contributed by atoms with van der Waals surface area (Å²) in [5, 5.41) is 0.638. The predicted molar refractivity (Wildman–Crippen MR) is 145 cm³/mol. The van der Waals surface area contributed by atoms with Gasteiger partial charge >= 0.3 is 0 Å². The first-order chi connectivity index (χ1) is 17.0. The molecule has 0 saturated carbocycles. The van der Waals surface area contributed by atoms with Crippen molar-refractivity contribution in [3.63, 3.8) is 0 Å². The summed E-state index contributed by atoms with van der Waals surface area (Å²) in [6.45, 7) is 9.57. The number of carbonyl (C=O) groups excluding carboxylic acids is 1. The van der Waals surface area contributed by atoms with Gasteiger partial charge in [-0.15, -0.1) is 0 Å². The zero-order chi connectivity index (χ0) is 26.2. The molecule has 2 heterocycles. The maximum atomic E-state index is 13.6. The Bertz CT molecular complexity index is 1340. The summed E-state index contributed by atoms with van der Waals surface area (Å²) in [7, 11) is 0.241. The Morgan fingerprint density at radius 3 is 2.33 bits per heavy atom. The minimum Gasteiger partial charge on any atom is -0.373 e. The number of hydrogen-bond acceptors (Lipinski definition) is 7. The average molecular weight is 531 g/mol. The summed E-state index contributed by atoms with van der Waals surface area (Å²) in [6, 6.07) is 10.4. The molecule has 4 rings (SSSR count). The van der Waals surface area contributed by atoms with Gasteiger partial charge in [-0.2, -0.15) is 4.31 Å². The van der Waals surface area contributed by atoms with E-state index in [0.29, 0.717) is 36.9 Å². The molecule has 1 aliphatic rings. The Labute approximate surface area is 217 Å². The third-order valence-electron chi connectivity index (χ3n) is 6.18. The van der Waals surface area contributed by atoms with Gasteiger partial charge in [-0.1, -0.05) is 17.4 Å². The molecule has 1 aliphatic heterocycles. The van der Waals surface area contributed by atoms with Crippen molar-refractivity contribution in [1.82, 2.24) is 14.2 Å². The zero-order valence-electron chi connectivity index (χ0n) is 21.7. The monoisotopic (exact) mass is 530 g/mol. The fourth-order valence-electron chi connectivity index (χ4n) is 4.47. The number of likely N-dealkylation sites (N-methyl/N-ethyl adjacent to an activating group) is 1. The SMILES string of the molecule is Cc1cc(C)c2sc(N(CCN(C)C)C(=O)c3ccc(S(=O)(=O)N4CC(C)OC(C)C4)cc3)nc2c1. The predicted octanol–water partition coefficient (Wildman–Crippen LogP) is 3.92. The summed E-state index contributed by atoms with van der Waals surface area (Å²) in [5.41, 5.74) is 3.56. The first kappa shape index (κ1) is 26.7. The highest BCUT2D eigenvalue weighted by Gasteiger charge is 2.32. The first-order valence-electron chi connectivity index (χ1n) is 12.1. The molecular weight excluding hydrogens is 496 g/mol. The van der Waals surface area contributed by atoms with E-state index in [1.54, 1.807) is 17.0 Å². The van der Waals surface area contributed by atoms with Crippen LogP contribution in [0.5, 0.6) is 0 Å². The molecule has 0 aliphatic carbocycles. The van der Waals surface area contributed by atoms with Gasteiger partial charge in [-0.25, -0.2) is 13.4 Å². The Morgan fingerprint density at radius 2 is 1.72 bits per heavy atom. The number of morpholine rings is 1. The number of carbonyl (C=O) groups is 1. The van der Waals surface area contributed by atoms with Gasteiger partial charge < -0.3 is 9.64 Å². The third kappa shape index (κ3) is 5.63. The molecule has 1 fully saturated rings. The maximum absolute atomic E-state index is 13.6. The van der Waals surface area contributed by atoms with Crippen LogP contribution in [-0.2, 0) is 14.8 Å². The molecule has 2 atom stereocenters. The summed E-state index contributed by atoms with van der Waals surface area (Å²) in [5.74, 6) is -0.206. The summed E-state index contributed by atoms with van der Waals surface area (Å²) < 4.78 is 34.6. The number of thiazole rings is 1. The lowest BCUT2D eigenvalue weighted by atomic mass is 10.1. The molecule has 0 radical (unpaired) electrons. The fraction of sp³-hybridized carbons (Fsp3) is 0.462. The number of hydrogen-bond donors (Lipinski definition) is 0. The first-order valence-corrected chi connectivity index (χ1v) is 14.3. The van der Waals surface area contributed by atoms with Gasteiger partial charge in [0.2, 0.25) is 10.0 Å². The molecule has 1 amide bonds. The van der Waals surface area contributed by atoms with Gasteiger partial charge in [0, 0.05) is 31.7 Å². The highest BCUT2D eigenvalue weighted by Crippen LogP contribution is 2.33. The summed E-state index contributed by atoms with van der Waals surface area (Å²) in [6.07, 6.45) is -0.341. The molecule has 8 nitrogen and oxygen atoms in total.